The largest absolute Gasteiger partial charge is 0.467 e. The van der Waals surface area contributed by atoms with E-state index in [-0.39, 0.29) is 6.01 Å². The third-order valence-electron chi connectivity index (χ3n) is 3.62. The van der Waals surface area contributed by atoms with Crippen molar-refractivity contribution in [3.8, 4) is 6.01 Å². The molecule has 0 bridgehead atoms. The second-order valence-corrected chi connectivity index (χ2v) is 5.75. The number of hydrogen-bond donors (Lipinski definition) is 0. The fourth-order valence-corrected chi connectivity index (χ4v) is 2.65. The molecule has 2 aromatic heterocycles. The molecular formula is C17H18ClN5O. The van der Waals surface area contributed by atoms with Crippen LogP contribution < -0.4 is 9.64 Å². The van der Waals surface area contributed by atoms with Crippen LogP contribution in [-0.4, -0.2) is 33.7 Å². The lowest BCUT2D eigenvalue weighted by molar-refractivity contribution is 0.380. The number of imidazole rings is 1. The number of halogens is 1. The Bertz CT molecular complexity index is 806. The predicted octanol–water partition coefficient (Wildman–Crippen LogP) is 3.02. The van der Waals surface area contributed by atoms with Crippen LogP contribution in [0.25, 0.3) is 0 Å². The third-order valence-corrected chi connectivity index (χ3v) is 3.89. The molecular weight excluding hydrogens is 326 g/mol. The summed E-state index contributed by atoms with van der Waals surface area (Å²) in [6.45, 7) is 1.34. The van der Waals surface area contributed by atoms with Crippen molar-refractivity contribution in [1.82, 2.24) is 19.5 Å². The Morgan fingerprint density at radius 2 is 2.00 bits per heavy atom. The maximum absolute atomic E-state index is 6.21. The van der Waals surface area contributed by atoms with Gasteiger partial charge in [-0.05, 0) is 5.56 Å². The van der Waals surface area contributed by atoms with Crippen LogP contribution in [0.15, 0.2) is 48.9 Å². The molecule has 0 unspecified atom stereocenters. The highest BCUT2D eigenvalue weighted by Gasteiger charge is 2.14. The average molecular weight is 344 g/mol. The fraction of sp³-hybridized carbons (Fsp3) is 0.235. The zero-order valence-electron chi connectivity index (χ0n) is 13.6. The summed E-state index contributed by atoms with van der Waals surface area (Å²) >= 11 is 6.21. The second kappa shape index (κ2) is 7.31. The number of ether oxygens (including phenoxy) is 1. The lowest BCUT2D eigenvalue weighted by Gasteiger charge is -2.20. The van der Waals surface area contributed by atoms with Crippen LogP contribution in [0.5, 0.6) is 6.01 Å². The Kier molecular flexibility index (Phi) is 4.96. The van der Waals surface area contributed by atoms with E-state index in [4.69, 9.17) is 16.3 Å². The van der Waals surface area contributed by atoms with Gasteiger partial charge in [0.2, 0.25) is 0 Å². The van der Waals surface area contributed by atoms with E-state index in [0.29, 0.717) is 17.4 Å². The number of anilines is 1. The smallest absolute Gasteiger partial charge is 0.318 e. The van der Waals surface area contributed by atoms with E-state index in [1.807, 2.05) is 36.3 Å². The average Bonchev–Trinajstić information content (AvgIpc) is 3.03. The van der Waals surface area contributed by atoms with Gasteiger partial charge in [-0.2, -0.15) is 4.98 Å². The Hall–Kier alpha value is -2.60. The van der Waals surface area contributed by atoms with Crippen molar-refractivity contribution >= 4 is 17.4 Å². The van der Waals surface area contributed by atoms with Crippen LogP contribution in [-0.2, 0) is 13.1 Å². The number of hydrogen-bond acceptors (Lipinski definition) is 5. The highest BCUT2D eigenvalue weighted by Crippen LogP contribution is 2.24. The molecule has 2 heterocycles. The van der Waals surface area contributed by atoms with Gasteiger partial charge in [-0.25, -0.2) is 9.97 Å². The van der Waals surface area contributed by atoms with Crippen LogP contribution in [0, 0.1) is 0 Å². The van der Waals surface area contributed by atoms with Gasteiger partial charge in [-0.1, -0.05) is 41.9 Å². The van der Waals surface area contributed by atoms with Crippen molar-refractivity contribution in [2.45, 2.75) is 13.1 Å². The zero-order valence-corrected chi connectivity index (χ0v) is 14.3. The van der Waals surface area contributed by atoms with Crippen LogP contribution in [0.3, 0.4) is 0 Å². The Labute approximate surface area is 145 Å². The zero-order chi connectivity index (χ0) is 16.9. The van der Waals surface area contributed by atoms with Gasteiger partial charge < -0.3 is 14.2 Å². The molecule has 0 amide bonds. The van der Waals surface area contributed by atoms with Gasteiger partial charge in [0.05, 0.1) is 19.9 Å². The van der Waals surface area contributed by atoms with Crippen molar-refractivity contribution in [2.24, 2.45) is 0 Å². The summed E-state index contributed by atoms with van der Waals surface area (Å²) in [7, 11) is 3.44. The summed E-state index contributed by atoms with van der Waals surface area (Å²) in [6, 6.07) is 10.6. The minimum Gasteiger partial charge on any atom is -0.467 e. The van der Waals surface area contributed by atoms with Crippen LogP contribution in [0.4, 0.5) is 5.82 Å². The topological polar surface area (TPSA) is 56.1 Å². The van der Waals surface area contributed by atoms with Crippen LogP contribution in [0.1, 0.15) is 11.4 Å². The van der Waals surface area contributed by atoms with E-state index in [1.54, 1.807) is 6.20 Å². The quantitative estimate of drug-likeness (QED) is 0.688. The van der Waals surface area contributed by atoms with E-state index in [9.17, 15) is 0 Å². The van der Waals surface area contributed by atoms with Gasteiger partial charge in [0.15, 0.2) is 5.82 Å². The van der Waals surface area contributed by atoms with E-state index in [0.717, 1.165) is 12.4 Å². The number of aromatic nitrogens is 4. The molecule has 3 aromatic rings. The van der Waals surface area contributed by atoms with Gasteiger partial charge in [0.1, 0.15) is 10.8 Å². The summed E-state index contributed by atoms with van der Waals surface area (Å²) in [5.74, 6) is 1.53. The maximum atomic E-state index is 6.21. The Balaban J connectivity index is 1.78. The molecule has 0 aliphatic rings. The molecule has 1 aromatic carbocycles. The molecule has 7 heteroatoms. The minimum atomic E-state index is 0.286. The van der Waals surface area contributed by atoms with Crippen molar-refractivity contribution in [3.05, 3.63) is 65.3 Å². The SMILES string of the molecule is COc1ncc(Cl)c(N(C)Cc2nccn2Cc2ccccc2)n1. The lowest BCUT2D eigenvalue weighted by atomic mass is 10.2. The lowest BCUT2D eigenvalue weighted by Crippen LogP contribution is -2.21. The first-order chi connectivity index (χ1) is 11.7. The summed E-state index contributed by atoms with van der Waals surface area (Å²) in [5.41, 5.74) is 1.22. The summed E-state index contributed by atoms with van der Waals surface area (Å²) < 4.78 is 7.18. The molecule has 0 fully saturated rings. The second-order valence-electron chi connectivity index (χ2n) is 5.34. The number of methoxy groups -OCH3 is 1. The molecule has 0 atom stereocenters. The van der Waals surface area contributed by atoms with Crippen molar-refractivity contribution < 1.29 is 4.74 Å². The highest BCUT2D eigenvalue weighted by molar-refractivity contribution is 6.32. The van der Waals surface area contributed by atoms with Gasteiger partial charge >= 0.3 is 6.01 Å². The molecule has 0 saturated carbocycles. The standard InChI is InChI=1S/C17H18ClN5O/c1-22(16-14(18)10-20-17(21-16)24-2)12-15-19-8-9-23(15)11-13-6-4-3-5-7-13/h3-10H,11-12H2,1-2H3. The molecule has 0 aliphatic heterocycles. The normalized spacial score (nSPS) is 10.6. The molecule has 0 N–H and O–H groups in total. The van der Waals surface area contributed by atoms with Crippen molar-refractivity contribution in [1.29, 1.82) is 0 Å². The third kappa shape index (κ3) is 3.65. The number of rotatable bonds is 6. The monoisotopic (exact) mass is 343 g/mol. The predicted molar refractivity (Wildman–Crippen MR) is 93.5 cm³/mol. The molecule has 0 aliphatic carbocycles. The Morgan fingerprint density at radius 3 is 2.75 bits per heavy atom. The molecule has 6 nitrogen and oxygen atoms in total. The van der Waals surface area contributed by atoms with Gasteiger partial charge in [-0.3, -0.25) is 0 Å². The van der Waals surface area contributed by atoms with Gasteiger partial charge in [0, 0.05) is 26.0 Å². The van der Waals surface area contributed by atoms with Gasteiger partial charge in [0.25, 0.3) is 0 Å². The Morgan fingerprint density at radius 1 is 1.21 bits per heavy atom. The number of benzene rings is 1. The van der Waals surface area contributed by atoms with Crippen LogP contribution >= 0.6 is 11.6 Å². The molecule has 0 saturated heterocycles. The summed E-state index contributed by atoms with van der Waals surface area (Å²) in [5, 5.41) is 0.472. The fourth-order valence-electron chi connectivity index (χ4n) is 2.41. The number of nitrogens with zero attached hydrogens (tertiary/aromatic N) is 5. The van der Waals surface area contributed by atoms with E-state index in [1.165, 1.54) is 18.9 Å². The summed E-state index contributed by atoms with van der Waals surface area (Å²) in [4.78, 5) is 14.7. The minimum absolute atomic E-state index is 0.286. The highest BCUT2D eigenvalue weighted by atomic mass is 35.5. The molecule has 0 radical (unpaired) electrons. The maximum Gasteiger partial charge on any atom is 0.318 e. The molecule has 24 heavy (non-hydrogen) atoms. The van der Waals surface area contributed by atoms with E-state index in [2.05, 4.69) is 31.7 Å². The van der Waals surface area contributed by atoms with E-state index < -0.39 is 0 Å². The first kappa shape index (κ1) is 16.3. The van der Waals surface area contributed by atoms with E-state index >= 15 is 0 Å². The molecule has 3 rings (SSSR count). The first-order valence-electron chi connectivity index (χ1n) is 7.49. The summed E-state index contributed by atoms with van der Waals surface area (Å²) in [6.07, 6.45) is 5.31. The van der Waals surface area contributed by atoms with Crippen LogP contribution in [0.2, 0.25) is 5.02 Å². The van der Waals surface area contributed by atoms with Gasteiger partial charge in [-0.15, -0.1) is 0 Å². The first-order valence-corrected chi connectivity index (χ1v) is 7.87. The van der Waals surface area contributed by atoms with Crippen molar-refractivity contribution in [2.75, 3.05) is 19.1 Å². The molecule has 124 valence electrons. The van der Waals surface area contributed by atoms with Crippen molar-refractivity contribution in [3.63, 3.8) is 0 Å². The molecule has 0 spiro atoms.